The molecule has 0 radical (unpaired) electrons. The molecule has 0 unspecified atom stereocenters. The zero-order chi connectivity index (χ0) is 17.7. The standard InChI is InChI=1S/C20H29NO3/c1-5-19(22)16-9-11-17(12-10-16)24-15(4)20(23)21-18-8-6-7-13(2)14(18)3/h9-15,18H,5-8H2,1-4H3,(H,21,23)/t13-,14-,15-,18+/m0/s1. The van der Waals surface area contributed by atoms with Crippen LogP contribution in [0.1, 0.15) is 63.7 Å². The lowest BCUT2D eigenvalue weighted by Crippen LogP contribution is -2.48. The molecule has 1 fully saturated rings. The molecule has 1 N–H and O–H groups in total. The van der Waals surface area contributed by atoms with Gasteiger partial charge in [0.25, 0.3) is 5.91 Å². The molecule has 0 aliphatic heterocycles. The van der Waals surface area contributed by atoms with E-state index < -0.39 is 6.10 Å². The van der Waals surface area contributed by atoms with E-state index in [0.29, 0.717) is 29.6 Å². The van der Waals surface area contributed by atoms with Gasteiger partial charge in [-0.1, -0.05) is 33.6 Å². The molecule has 1 aliphatic rings. The Balaban J connectivity index is 1.90. The highest BCUT2D eigenvalue weighted by Crippen LogP contribution is 2.29. The first kappa shape index (κ1) is 18.5. The molecule has 4 heteroatoms. The van der Waals surface area contributed by atoms with Gasteiger partial charge < -0.3 is 10.1 Å². The molecule has 0 saturated heterocycles. The van der Waals surface area contributed by atoms with Gasteiger partial charge >= 0.3 is 0 Å². The van der Waals surface area contributed by atoms with Crippen molar-refractivity contribution in [3.8, 4) is 5.75 Å². The quantitative estimate of drug-likeness (QED) is 0.802. The second kappa shape index (κ2) is 8.32. The Morgan fingerprint density at radius 2 is 1.88 bits per heavy atom. The summed E-state index contributed by atoms with van der Waals surface area (Å²) in [5, 5.41) is 3.14. The maximum atomic E-state index is 12.4. The van der Waals surface area contributed by atoms with Gasteiger partial charge in [0.15, 0.2) is 11.9 Å². The third-order valence-corrected chi connectivity index (χ3v) is 5.21. The molecule has 1 amide bonds. The van der Waals surface area contributed by atoms with Crippen LogP contribution in [0.25, 0.3) is 0 Å². The van der Waals surface area contributed by atoms with Crippen LogP contribution in [0.3, 0.4) is 0 Å². The second-order valence-corrected chi connectivity index (χ2v) is 6.94. The molecule has 24 heavy (non-hydrogen) atoms. The minimum atomic E-state index is -0.554. The van der Waals surface area contributed by atoms with Gasteiger partial charge in [-0.2, -0.15) is 0 Å². The third kappa shape index (κ3) is 4.59. The maximum Gasteiger partial charge on any atom is 0.261 e. The topological polar surface area (TPSA) is 55.4 Å². The van der Waals surface area contributed by atoms with Crippen molar-refractivity contribution in [2.75, 3.05) is 0 Å². The fourth-order valence-corrected chi connectivity index (χ4v) is 3.27. The van der Waals surface area contributed by atoms with Crippen molar-refractivity contribution in [3.63, 3.8) is 0 Å². The van der Waals surface area contributed by atoms with Gasteiger partial charge in [0.05, 0.1) is 0 Å². The third-order valence-electron chi connectivity index (χ3n) is 5.21. The van der Waals surface area contributed by atoms with E-state index in [2.05, 4.69) is 19.2 Å². The summed E-state index contributed by atoms with van der Waals surface area (Å²) in [6, 6.07) is 7.22. The van der Waals surface area contributed by atoms with E-state index in [4.69, 9.17) is 4.74 Å². The van der Waals surface area contributed by atoms with E-state index in [1.807, 2.05) is 6.92 Å². The normalized spacial score (nSPS) is 24.9. The summed E-state index contributed by atoms with van der Waals surface area (Å²) in [6.07, 6.45) is 3.37. The van der Waals surface area contributed by atoms with Crippen LogP contribution in [0.4, 0.5) is 0 Å². The van der Waals surface area contributed by atoms with Crippen molar-refractivity contribution < 1.29 is 14.3 Å². The first-order valence-corrected chi connectivity index (χ1v) is 9.02. The van der Waals surface area contributed by atoms with Crippen molar-refractivity contribution in [1.29, 1.82) is 0 Å². The molecule has 0 heterocycles. The van der Waals surface area contributed by atoms with Gasteiger partial charge in [-0.25, -0.2) is 0 Å². The van der Waals surface area contributed by atoms with Crippen LogP contribution in [0.5, 0.6) is 5.75 Å². The average Bonchev–Trinajstić information content (AvgIpc) is 2.58. The van der Waals surface area contributed by atoms with Crippen molar-refractivity contribution in [2.24, 2.45) is 11.8 Å². The number of ether oxygens (including phenoxy) is 1. The van der Waals surface area contributed by atoms with E-state index in [9.17, 15) is 9.59 Å². The largest absolute Gasteiger partial charge is 0.481 e. The van der Waals surface area contributed by atoms with E-state index >= 15 is 0 Å². The minimum Gasteiger partial charge on any atom is -0.481 e. The summed E-state index contributed by atoms with van der Waals surface area (Å²) in [7, 11) is 0. The number of nitrogens with one attached hydrogen (secondary N) is 1. The lowest BCUT2D eigenvalue weighted by atomic mass is 9.78. The second-order valence-electron chi connectivity index (χ2n) is 6.94. The number of hydrogen-bond donors (Lipinski definition) is 1. The van der Waals surface area contributed by atoms with Crippen LogP contribution < -0.4 is 10.1 Å². The molecule has 132 valence electrons. The monoisotopic (exact) mass is 331 g/mol. The lowest BCUT2D eigenvalue weighted by molar-refractivity contribution is -0.128. The first-order chi connectivity index (χ1) is 11.4. The van der Waals surface area contributed by atoms with E-state index in [1.165, 1.54) is 12.8 Å². The Labute approximate surface area is 145 Å². The Morgan fingerprint density at radius 3 is 2.50 bits per heavy atom. The van der Waals surface area contributed by atoms with Gasteiger partial charge in [0.1, 0.15) is 5.75 Å². The maximum absolute atomic E-state index is 12.4. The van der Waals surface area contributed by atoms with Crippen LogP contribution >= 0.6 is 0 Å². The molecule has 4 atom stereocenters. The van der Waals surface area contributed by atoms with Crippen LogP contribution in [-0.2, 0) is 4.79 Å². The van der Waals surface area contributed by atoms with Gasteiger partial charge in [-0.3, -0.25) is 9.59 Å². The summed E-state index contributed by atoms with van der Waals surface area (Å²) >= 11 is 0. The van der Waals surface area contributed by atoms with Gasteiger partial charge in [0.2, 0.25) is 0 Å². The molecule has 4 nitrogen and oxygen atoms in total. The van der Waals surface area contributed by atoms with Crippen molar-refractivity contribution in [3.05, 3.63) is 29.8 Å². The number of amides is 1. The number of ketones is 1. The molecule has 0 spiro atoms. The molecular weight excluding hydrogens is 302 g/mol. The summed E-state index contributed by atoms with van der Waals surface area (Å²) in [5.74, 6) is 1.77. The summed E-state index contributed by atoms with van der Waals surface area (Å²) in [4.78, 5) is 24.0. The van der Waals surface area contributed by atoms with E-state index in [0.717, 1.165) is 6.42 Å². The number of hydrogen-bond acceptors (Lipinski definition) is 3. The van der Waals surface area contributed by atoms with Crippen LogP contribution in [0.15, 0.2) is 24.3 Å². The Morgan fingerprint density at radius 1 is 1.21 bits per heavy atom. The highest BCUT2D eigenvalue weighted by atomic mass is 16.5. The molecular formula is C20H29NO3. The molecule has 2 rings (SSSR count). The smallest absolute Gasteiger partial charge is 0.261 e. The number of Topliss-reactive ketones (excluding diaryl/α,β-unsaturated/α-hetero) is 1. The fraction of sp³-hybridized carbons (Fsp3) is 0.600. The Hall–Kier alpha value is -1.84. The summed E-state index contributed by atoms with van der Waals surface area (Å²) < 4.78 is 5.72. The molecule has 1 aromatic carbocycles. The summed E-state index contributed by atoms with van der Waals surface area (Å²) in [5.41, 5.74) is 0.673. The van der Waals surface area contributed by atoms with Crippen LogP contribution in [-0.4, -0.2) is 23.8 Å². The van der Waals surface area contributed by atoms with Gasteiger partial charge in [-0.05, 0) is 49.4 Å². The minimum absolute atomic E-state index is 0.0744. The Kier molecular flexibility index (Phi) is 6.41. The number of carbonyl (C=O) groups is 2. The predicted octanol–water partition coefficient (Wildman–Crippen LogP) is 3.99. The number of benzene rings is 1. The molecule has 0 bridgehead atoms. The van der Waals surface area contributed by atoms with Crippen molar-refractivity contribution in [1.82, 2.24) is 5.32 Å². The van der Waals surface area contributed by atoms with Crippen LogP contribution in [0, 0.1) is 11.8 Å². The molecule has 1 saturated carbocycles. The number of carbonyl (C=O) groups excluding carboxylic acids is 2. The van der Waals surface area contributed by atoms with Gasteiger partial charge in [-0.15, -0.1) is 0 Å². The lowest BCUT2D eigenvalue weighted by Gasteiger charge is -2.35. The molecule has 0 aromatic heterocycles. The molecule has 1 aliphatic carbocycles. The zero-order valence-corrected chi connectivity index (χ0v) is 15.2. The Bertz CT molecular complexity index is 567. The zero-order valence-electron chi connectivity index (χ0n) is 15.2. The SMILES string of the molecule is CCC(=O)c1ccc(O[C@@H](C)C(=O)N[C@@H]2CCC[C@H](C)[C@@H]2C)cc1. The van der Waals surface area contributed by atoms with Crippen molar-refractivity contribution in [2.45, 2.75) is 65.5 Å². The van der Waals surface area contributed by atoms with E-state index in [1.54, 1.807) is 31.2 Å². The van der Waals surface area contributed by atoms with Crippen LogP contribution in [0.2, 0.25) is 0 Å². The number of rotatable bonds is 6. The van der Waals surface area contributed by atoms with Crippen molar-refractivity contribution >= 4 is 11.7 Å². The molecule has 1 aromatic rings. The summed E-state index contributed by atoms with van der Waals surface area (Å²) in [6.45, 7) is 8.06. The highest BCUT2D eigenvalue weighted by Gasteiger charge is 2.29. The van der Waals surface area contributed by atoms with Gasteiger partial charge in [0, 0.05) is 18.0 Å². The highest BCUT2D eigenvalue weighted by molar-refractivity contribution is 5.95. The predicted molar refractivity (Wildman–Crippen MR) is 95.3 cm³/mol. The average molecular weight is 331 g/mol. The fourth-order valence-electron chi connectivity index (χ4n) is 3.27. The first-order valence-electron chi connectivity index (χ1n) is 9.02. The van der Waals surface area contributed by atoms with E-state index in [-0.39, 0.29) is 17.7 Å².